The molecule has 1 heterocycles. The van der Waals surface area contributed by atoms with E-state index in [-0.39, 0.29) is 28.3 Å². The van der Waals surface area contributed by atoms with Gasteiger partial charge in [0.25, 0.3) is 10.0 Å². The van der Waals surface area contributed by atoms with Gasteiger partial charge >= 0.3 is 5.97 Å². The van der Waals surface area contributed by atoms with E-state index in [2.05, 4.69) is 5.10 Å². The van der Waals surface area contributed by atoms with E-state index in [1.54, 1.807) is 38.5 Å². The van der Waals surface area contributed by atoms with Crippen molar-refractivity contribution in [2.75, 3.05) is 14.2 Å². The van der Waals surface area contributed by atoms with Crippen LogP contribution < -0.4 is 9.47 Å². The first-order chi connectivity index (χ1) is 18.2. The lowest BCUT2D eigenvalue weighted by atomic mass is 9.68. The van der Waals surface area contributed by atoms with Crippen molar-refractivity contribution in [3.63, 3.8) is 0 Å². The summed E-state index contributed by atoms with van der Waals surface area (Å²) >= 11 is 0. The summed E-state index contributed by atoms with van der Waals surface area (Å²) in [6.07, 6.45) is 3.70. The molecule has 1 N–H and O–H groups in total. The predicted octanol–water partition coefficient (Wildman–Crippen LogP) is 4.70. The first-order valence-electron chi connectivity index (χ1n) is 11.9. The highest BCUT2D eigenvalue weighted by atomic mass is 32.2. The highest BCUT2D eigenvalue weighted by Gasteiger charge is 2.41. The topological polar surface area (TPSA) is 108 Å². The number of nitrogens with zero attached hydrogens (tertiary/aromatic N) is 2. The molecule has 1 unspecified atom stereocenters. The Morgan fingerprint density at radius 2 is 1.63 bits per heavy atom. The molecule has 8 nitrogen and oxygen atoms in total. The number of fused-ring (bicyclic) bond motifs is 1. The van der Waals surface area contributed by atoms with Crippen LogP contribution in [0.5, 0.6) is 11.5 Å². The number of benzene rings is 3. The number of aryl methyl sites for hydroxylation is 1. The van der Waals surface area contributed by atoms with E-state index in [0.717, 1.165) is 20.8 Å². The highest BCUT2D eigenvalue weighted by molar-refractivity contribution is 7.89. The Morgan fingerprint density at radius 3 is 2.26 bits per heavy atom. The predicted molar refractivity (Wildman–Crippen MR) is 142 cm³/mol. The molecule has 9 heteroatoms. The zero-order chi connectivity index (χ0) is 27.1. The van der Waals surface area contributed by atoms with Gasteiger partial charge in [-0.05, 0) is 42.3 Å². The van der Waals surface area contributed by atoms with Crippen molar-refractivity contribution < 1.29 is 27.8 Å². The Balaban J connectivity index is 1.76. The average molecular weight is 531 g/mol. The maximum atomic E-state index is 13.8. The molecule has 0 spiro atoms. The third kappa shape index (κ3) is 4.05. The van der Waals surface area contributed by atoms with Crippen LogP contribution in [0.25, 0.3) is 6.08 Å². The second kappa shape index (κ2) is 9.50. The summed E-state index contributed by atoms with van der Waals surface area (Å²) < 4.78 is 39.4. The Morgan fingerprint density at radius 1 is 0.947 bits per heavy atom. The summed E-state index contributed by atoms with van der Waals surface area (Å²) in [5.74, 6) is -0.228. The molecule has 5 rings (SSSR count). The van der Waals surface area contributed by atoms with E-state index in [9.17, 15) is 18.3 Å². The molecule has 0 saturated carbocycles. The lowest BCUT2D eigenvalue weighted by Crippen LogP contribution is -2.32. The van der Waals surface area contributed by atoms with E-state index in [1.165, 1.54) is 12.1 Å². The fraction of sp³-hybridized carbons (Fsp3) is 0.172. The Hall–Kier alpha value is -4.37. The van der Waals surface area contributed by atoms with Gasteiger partial charge in [-0.3, -0.25) is 0 Å². The number of carboxylic acid groups (broad SMARTS) is 1. The number of aromatic nitrogens is 2. The normalized spacial score (nSPS) is 16.6. The van der Waals surface area contributed by atoms with Crippen LogP contribution in [0, 0.1) is 6.92 Å². The Labute approximate surface area is 220 Å². The summed E-state index contributed by atoms with van der Waals surface area (Å²) in [6.45, 7) is 1.86. The van der Waals surface area contributed by atoms with Crippen LogP contribution in [0.2, 0.25) is 0 Å². The number of allylic oxidation sites excluding steroid dienone is 1. The SMILES string of the molecule is COc1ccc(C2(c3ccccc3)C=Cc3c(C(=O)O)nn(S(=O)(=O)c4ccc(C)cc4)c3C2)cc1OC. The molecule has 0 aliphatic heterocycles. The maximum absolute atomic E-state index is 13.8. The van der Waals surface area contributed by atoms with Gasteiger partial charge in [-0.2, -0.15) is 12.5 Å². The van der Waals surface area contributed by atoms with E-state index >= 15 is 0 Å². The molecule has 194 valence electrons. The van der Waals surface area contributed by atoms with Crippen LogP contribution in [0.1, 0.15) is 38.4 Å². The van der Waals surface area contributed by atoms with Crippen molar-refractivity contribution >= 4 is 22.1 Å². The van der Waals surface area contributed by atoms with Crippen molar-refractivity contribution in [1.82, 2.24) is 9.19 Å². The lowest BCUT2D eigenvalue weighted by molar-refractivity contribution is 0.0690. The lowest BCUT2D eigenvalue weighted by Gasteiger charge is -2.35. The first-order valence-corrected chi connectivity index (χ1v) is 13.3. The van der Waals surface area contributed by atoms with Gasteiger partial charge in [-0.15, -0.1) is 5.10 Å². The van der Waals surface area contributed by atoms with Gasteiger partial charge in [-0.1, -0.05) is 66.2 Å². The number of aromatic carboxylic acids is 1. The molecule has 0 saturated heterocycles. The van der Waals surface area contributed by atoms with E-state index in [4.69, 9.17) is 9.47 Å². The van der Waals surface area contributed by atoms with Gasteiger partial charge in [-0.25, -0.2) is 4.79 Å². The van der Waals surface area contributed by atoms with Gasteiger partial charge in [0.1, 0.15) is 0 Å². The average Bonchev–Trinajstić information content (AvgIpc) is 3.33. The van der Waals surface area contributed by atoms with Crippen LogP contribution in [0.4, 0.5) is 0 Å². The number of carboxylic acids is 1. The second-order valence-electron chi connectivity index (χ2n) is 9.09. The van der Waals surface area contributed by atoms with Crippen LogP contribution in [-0.4, -0.2) is 42.9 Å². The fourth-order valence-corrected chi connectivity index (χ4v) is 6.23. The Kier molecular flexibility index (Phi) is 6.32. The molecule has 1 aliphatic carbocycles. The van der Waals surface area contributed by atoms with Crippen molar-refractivity contribution in [3.05, 3.63) is 113 Å². The third-order valence-electron chi connectivity index (χ3n) is 6.91. The minimum Gasteiger partial charge on any atom is -0.493 e. The van der Waals surface area contributed by atoms with Crippen molar-refractivity contribution in [2.45, 2.75) is 23.7 Å². The maximum Gasteiger partial charge on any atom is 0.357 e. The number of hydrogen-bond acceptors (Lipinski definition) is 6. The van der Waals surface area contributed by atoms with Crippen LogP contribution in [-0.2, 0) is 21.9 Å². The van der Waals surface area contributed by atoms with Crippen LogP contribution in [0.15, 0.2) is 83.8 Å². The van der Waals surface area contributed by atoms with Gasteiger partial charge in [0.15, 0.2) is 17.2 Å². The molecular weight excluding hydrogens is 504 g/mol. The van der Waals surface area contributed by atoms with Crippen molar-refractivity contribution in [2.24, 2.45) is 0 Å². The van der Waals surface area contributed by atoms with Gasteiger partial charge < -0.3 is 14.6 Å². The molecule has 0 fully saturated rings. The first kappa shape index (κ1) is 25.3. The summed E-state index contributed by atoms with van der Waals surface area (Å²) in [5.41, 5.74) is 2.00. The zero-order valence-corrected chi connectivity index (χ0v) is 21.9. The summed E-state index contributed by atoms with van der Waals surface area (Å²) in [7, 11) is -1.08. The van der Waals surface area contributed by atoms with Gasteiger partial charge in [0.2, 0.25) is 0 Å². The number of methoxy groups -OCH3 is 2. The molecule has 0 bridgehead atoms. The minimum atomic E-state index is -4.18. The summed E-state index contributed by atoms with van der Waals surface area (Å²) in [4.78, 5) is 12.1. The summed E-state index contributed by atoms with van der Waals surface area (Å²) in [6, 6.07) is 21.6. The summed E-state index contributed by atoms with van der Waals surface area (Å²) in [5, 5.41) is 14.0. The van der Waals surface area contributed by atoms with Crippen LogP contribution in [0.3, 0.4) is 0 Å². The third-order valence-corrected chi connectivity index (χ3v) is 8.53. The van der Waals surface area contributed by atoms with Gasteiger partial charge in [0.05, 0.1) is 24.8 Å². The number of hydrogen-bond donors (Lipinski definition) is 1. The number of ether oxygens (including phenoxy) is 2. The number of rotatable bonds is 7. The van der Waals surface area contributed by atoms with Gasteiger partial charge in [0, 0.05) is 17.4 Å². The molecule has 3 aromatic carbocycles. The largest absolute Gasteiger partial charge is 0.493 e. The zero-order valence-electron chi connectivity index (χ0n) is 21.1. The van der Waals surface area contributed by atoms with E-state index in [1.807, 2.05) is 55.5 Å². The standard InChI is InChI=1S/C29H26N2O6S/c1-19-9-12-22(13-10-19)38(34,35)31-24-18-29(20-7-5-4-6-8-20,16-15-23(24)27(30-31)28(32)33)21-11-14-25(36-2)26(17-21)37-3/h4-17H,18H2,1-3H3,(H,32,33). The molecule has 1 atom stereocenters. The smallest absolute Gasteiger partial charge is 0.357 e. The quantitative estimate of drug-likeness (QED) is 0.369. The van der Waals surface area contributed by atoms with Crippen molar-refractivity contribution in [3.8, 4) is 11.5 Å². The highest BCUT2D eigenvalue weighted by Crippen LogP contribution is 2.45. The molecule has 1 aliphatic rings. The minimum absolute atomic E-state index is 0.0244. The fourth-order valence-electron chi connectivity index (χ4n) is 4.91. The van der Waals surface area contributed by atoms with E-state index in [0.29, 0.717) is 11.5 Å². The number of carbonyl (C=O) groups is 1. The Bertz CT molecular complexity index is 1660. The molecular formula is C29H26N2O6S. The molecule has 4 aromatic rings. The molecule has 1 aromatic heterocycles. The second-order valence-corrected chi connectivity index (χ2v) is 10.9. The van der Waals surface area contributed by atoms with Crippen molar-refractivity contribution in [1.29, 1.82) is 0 Å². The molecule has 0 radical (unpaired) electrons. The van der Waals surface area contributed by atoms with Crippen LogP contribution >= 0.6 is 0 Å². The van der Waals surface area contributed by atoms with E-state index < -0.39 is 21.4 Å². The molecule has 0 amide bonds. The monoisotopic (exact) mass is 530 g/mol. The molecule has 38 heavy (non-hydrogen) atoms.